The average Bonchev–Trinajstić information content (AvgIpc) is 2.29. The van der Waals surface area contributed by atoms with Gasteiger partial charge in [0.25, 0.3) is 0 Å². The molecule has 0 saturated carbocycles. The number of allylic oxidation sites excluding steroid dienone is 2. The van der Waals surface area contributed by atoms with Crippen molar-refractivity contribution in [2.45, 2.75) is 11.7 Å². The summed E-state index contributed by atoms with van der Waals surface area (Å²) in [6.45, 7) is 0. The van der Waals surface area contributed by atoms with Crippen LogP contribution in [0.4, 0.5) is 13.6 Å². The van der Waals surface area contributed by atoms with Gasteiger partial charge >= 0.3 is 6.09 Å². The molecule has 0 spiro atoms. The Bertz CT molecular complexity index is 510. The van der Waals surface area contributed by atoms with Gasteiger partial charge in [-0.15, -0.1) is 0 Å². The Hall–Kier alpha value is -2.17. The molecule has 0 fully saturated rings. The van der Waals surface area contributed by atoms with Crippen molar-refractivity contribution in [3.63, 3.8) is 0 Å². The van der Waals surface area contributed by atoms with E-state index in [9.17, 15) is 13.6 Å². The van der Waals surface area contributed by atoms with Crippen molar-refractivity contribution in [2.24, 2.45) is 0 Å². The summed E-state index contributed by atoms with van der Waals surface area (Å²) < 4.78 is 27.4. The summed E-state index contributed by atoms with van der Waals surface area (Å²) in [5.74, 6) is -3.47. The molecule has 2 atom stereocenters. The van der Waals surface area contributed by atoms with Crippen molar-refractivity contribution in [2.75, 3.05) is 0 Å². The van der Waals surface area contributed by atoms with Crippen molar-refractivity contribution in [3.8, 4) is 0 Å². The molecule has 1 aromatic carbocycles. The molecule has 0 aromatic heterocycles. The Kier molecular flexibility index (Phi) is 3.14. The van der Waals surface area contributed by atoms with E-state index >= 15 is 0 Å². The van der Waals surface area contributed by atoms with Crippen LogP contribution < -0.4 is 5.32 Å². The Balaban J connectivity index is 2.34. The lowest BCUT2D eigenvalue weighted by Crippen LogP contribution is -2.47. The summed E-state index contributed by atoms with van der Waals surface area (Å²) in [5, 5.41) is 10.5. The van der Waals surface area contributed by atoms with Crippen LogP contribution in [-0.4, -0.2) is 17.0 Å². The van der Waals surface area contributed by atoms with Crippen LogP contribution >= 0.6 is 0 Å². The molecule has 18 heavy (non-hydrogen) atoms. The third kappa shape index (κ3) is 2.40. The monoisotopic (exact) mass is 251 g/mol. The Morgan fingerprint density at radius 2 is 1.94 bits per heavy atom. The van der Waals surface area contributed by atoms with Crippen LogP contribution in [0.25, 0.3) is 0 Å². The summed E-state index contributed by atoms with van der Waals surface area (Å²) in [6.07, 6.45) is 4.26. The zero-order valence-corrected chi connectivity index (χ0v) is 9.31. The highest BCUT2D eigenvalue weighted by Crippen LogP contribution is 2.35. The molecule has 2 N–H and O–H groups in total. The zero-order valence-electron chi connectivity index (χ0n) is 9.31. The van der Waals surface area contributed by atoms with Gasteiger partial charge in [-0.2, -0.15) is 0 Å². The number of hydrogen-bond acceptors (Lipinski definition) is 1. The molecule has 94 valence electrons. The number of hydrogen-bond donors (Lipinski definition) is 2. The number of rotatable bonds is 2. The molecule has 0 bridgehead atoms. The Morgan fingerprint density at radius 1 is 1.28 bits per heavy atom. The molecule has 0 radical (unpaired) electrons. The smallest absolute Gasteiger partial charge is 0.407 e. The van der Waals surface area contributed by atoms with Gasteiger partial charge in [-0.1, -0.05) is 30.4 Å². The summed E-state index contributed by atoms with van der Waals surface area (Å²) >= 11 is 0. The predicted molar refractivity (Wildman–Crippen MR) is 62.4 cm³/mol. The number of carboxylic acid groups (broad SMARTS) is 1. The number of alkyl halides is 1. The highest BCUT2D eigenvalue weighted by atomic mass is 19.1. The van der Waals surface area contributed by atoms with E-state index in [0.29, 0.717) is 5.56 Å². The second kappa shape index (κ2) is 4.60. The third-order valence-electron chi connectivity index (χ3n) is 2.73. The molecule has 0 saturated heterocycles. The molecule has 1 aromatic rings. The lowest BCUT2D eigenvalue weighted by Gasteiger charge is -2.31. The highest BCUT2D eigenvalue weighted by molar-refractivity contribution is 5.66. The van der Waals surface area contributed by atoms with Gasteiger partial charge in [0, 0.05) is 0 Å². The maximum absolute atomic E-state index is 14.6. The molecule has 1 amide bonds. The van der Waals surface area contributed by atoms with E-state index in [2.05, 4.69) is 0 Å². The second-order valence-electron chi connectivity index (χ2n) is 3.97. The van der Waals surface area contributed by atoms with E-state index < -0.39 is 23.6 Å². The predicted octanol–water partition coefficient (Wildman–Crippen LogP) is 2.97. The fourth-order valence-electron chi connectivity index (χ4n) is 1.92. The minimum Gasteiger partial charge on any atom is -0.465 e. The van der Waals surface area contributed by atoms with Gasteiger partial charge in [-0.25, -0.2) is 13.6 Å². The number of benzene rings is 1. The van der Waals surface area contributed by atoms with Crippen LogP contribution in [0.1, 0.15) is 11.5 Å². The largest absolute Gasteiger partial charge is 0.465 e. The van der Waals surface area contributed by atoms with Crippen molar-refractivity contribution < 1.29 is 18.7 Å². The quantitative estimate of drug-likeness (QED) is 0.794. The topological polar surface area (TPSA) is 49.3 Å². The number of amides is 1. The van der Waals surface area contributed by atoms with E-state index in [1.165, 1.54) is 36.4 Å². The molecular formula is C13H11F2NO2. The second-order valence-corrected chi connectivity index (χ2v) is 3.97. The minimum atomic E-state index is -2.22. The van der Waals surface area contributed by atoms with Gasteiger partial charge in [0.15, 0.2) is 0 Å². The van der Waals surface area contributed by atoms with Gasteiger partial charge in [-0.3, -0.25) is 5.32 Å². The van der Waals surface area contributed by atoms with Crippen molar-refractivity contribution in [3.05, 3.63) is 60.0 Å². The standard InChI is InChI=1S/C13H11F2NO2/c14-10-6-4-9(5-7-10)11-3-1-2-8-13(11,15)16-12(17)18/h1-8,11,16H,(H,17,18). The average molecular weight is 251 g/mol. The van der Waals surface area contributed by atoms with Gasteiger partial charge in [-0.05, 0) is 23.8 Å². The van der Waals surface area contributed by atoms with E-state index in [1.807, 2.05) is 5.32 Å². The van der Waals surface area contributed by atoms with Crippen LogP contribution in [0.5, 0.6) is 0 Å². The van der Waals surface area contributed by atoms with Crippen molar-refractivity contribution in [1.29, 1.82) is 0 Å². The molecule has 0 heterocycles. The lowest BCUT2D eigenvalue weighted by atomic mass is 9.86. The Morgan fingerprint density at radius 3 is 2.56 bits per heavy atom. The summed E-state index contributed by atoms with van der Waals surface area (Å²) in [7, 11) is 0. The van der Waals surface area contributed by atoms with E-state index in [4.69, 9.17) is 5.11 Å². The molecule has 5 heteroatoms. The van der Waals surface area contributed by atoms with Gasteiger partial charge in [0.2, 0.25) is 5.79 Å². The van der Waals surface area contributed by atoms with Crippen molar-refractivity contribution >= 4 is 6.09 Å². The first-order valence-electron chi connectivity index (χ1n) is 5.33. The molecule has 1 aliphatic rings. The van der Waals surface area contributed by atoms with Crippen molar-refractivity contribution in [1.82, 2.24) is 5.32 Å². The maximum Gasteiger partial charge on any atom is 0.407 e. The summed E-state index contributed by atoms with van der Waals surface area (Å²) in [6, 6.07) is 5.29. The van der Waals surface area contributed by atoms with Crippen LogP contribution in [0.2, 0.25) is 0 Å². The highest BCUT2D eigenvalue weighted by Gasteiger charge is 2.39. The van der Waals surface area contributed by atoms with E-state index in [1.54, 1.807) is 6.08 Å². The van der Waals surface area contributed by atoms with E-state index in [-0.39, 0.29) is 0 Å². The Labute approximate surface area is 102 Å². The fourth-order valence-corrected chi connectivity index (χ4v) is 1.92. The first kappa shape index (κ1) is 12.3. The molecular weight excluding hydrogens is 240 g/mol. The number of carbonyl (C=O) groups is 1. The molecule has 1 aliphatic carbocycles. The number of nitrogens with one attached hydrogen (secondary N) is 1. The maximum atomic E-state index is 14.6. The van der Waals surface area contributed by atoms with Gasteiger partial charge < -0.3 is 5.11 Å². The van der Waals surface area contributed by atoms with Crippen LogP contribution in [0, 0.1) is 5.82 Å². The fraction of sp³-hybridized carbons (Fsp3) is 0.154. The number of halogens is 2. The first-order valence-corrected chi connectivity index (χ1v) is 5.33. The SMILES string of the molecule is O=C(O)NC1(F)C=CC=CC1c1ccc(F)cc1. The third-order valence-corrected chi connectivity index (χ3v) is 2.73. The summed E-state index contributed by atoms with van der Waals surface area (Å²) in [4.78, 5) is 10.6. The molecule has 2 unspecified atom stereocenters. The first-order chi connectivity index (χ1) is 8.51. The summed E-state index contributed by atoms with van der Waals surface area (Å²) in [5.41, 5.74) is 0.494. The normalized spacial score (nSPS) is 26.0. The molecule has 0 aliphatic heterocycles. The molecule has 2 rings (SSSR count). The molecule has 3 nitrogen and oxygen atoms in total. The van der Waals surface area contributed by atoms with Crippen LogP contribution in [-0.2, 0) is 0 Å². The van der Waals surface area contributed by atoms with Gasteiger partial charge in [0.1, 0.15) is 5.82 Å². The zero-order chi connectivity index (χ0) is 13.2. The van der Waals surface area contributed by atoms with Crippen LogP contribution in [0.15, 0.2) is 48.6 Å². The van der Waals surface area contributed by atoms with Gasteiger partial charge in [0.05, 0.1) is 5.92 Å². The minimum absolute atomic E-state index is 0.426. The van der Waals surface area contributed by atoms with E-state index in [0.717, 1.165) is 6.08 Å². The van der Waals surface area contributed by atoms with Crippen LogP contribution in [0.3, 0.4) is 0 Å². The lowest BCUT2D eigenvalue weighted by molar-refractivity contribution is 0.129.